The van der Waals surface area contributed by atoms with E-state index >= 15 is 0 Å². The number of carbonyl (C=O) groups is 1. The van der Waals surface area contributed by atoms with Crippen LogP contribution in [0.2, 0.25) is 0 Å². The highest BCUT2D eigenvalue weighted by atomic mass is 19.3. The van der Waals surface area contributed by atoms with E-state index in [0.29, 0.717) is 26.1 Å². The highest BCUT2D eigenvalue weighted by Crippen LogP contribution is 2.43. The smallest absolute Gasteiger partial charge is 0.263 e. The van der Waals surface area contributed by atoms with E-state index < -0.39 is 6.43 Å². The van der Waals surface area contributed by atoms with Crippen LogP contribution >= 0.6 is 0 Å². The van der Waals surface area contributed by atoms with E-state index in [9.17, 15) is 13.6 Å². The monoisotopic (exact) mass is 429 g/mol. The summed E-state index contributed by atoms with van der Waals surface area (Å²) >= 11 is 0. The van der Waals surface area contributed by atoms with Crippen molar-refractivity contribution in [1.29, 1.82) is 0 Å². The number of fused-ring (bicyclic) bond motifs is 3. The Morgan fingerprint density at radius 2 is 2.00 bits per heavy atom. The van der Waals surface area contributed by atoms with Crippen molar-refractivity contribution in [1.82, 2.24) is 4.90 Å². The number of ether oxygens (including phenoxy) is 1. The molecule has 2 aromatic carbocycles. The lowest BCUT2D eigenvalue weighted by Gasteiger charge is -2.42. The van der Waals surface area contributed by atoms with Crippen LogP contribution in [0.3, 0.4) is 0 Å². The molecule has 0 aromatic heterocycles. The Labute approximate surface area is 181 Å². The zero-order valence-electron chi connectivity index (χ0n) is 17.5. The molecule has 0 radical (unpaired) electrons. The number of amides is 1. The first-order valence-electron chi connectivity index (χ1n) is 10.9. The third-order valence-electron chi connectivity index (χ3n) is 6.19. The fourth-order valence-corrected chi connectivity index (χ4v) is 4.56. The number of hydrogen-bond donors (Lipinski definition) is 2. The number of alkyl halides is 2. The van der Waals surface area contributed by atoms with Crippen molar-refractivity contribution in [2.75, 3.05) is 31.5 Å². The Kier molecular flexibility index (Phi) is 6.83. The van der Waals surface area contributed by atoms with Crippen molar-refractivity contribution in [3.05, 3.63) is 65.2 Å². The zero-order chi connectivity index (χ0) is 21.8. The van der Waals surface area contributed by atoms with Crippen LogP contribution in [0, 0.1) is 5.92 Å². The molecule has 1 saturated heterocycles. The summed E-state index contributed by atoms with van der Waals surface area (Å²) < 4.78 is 32.9. The summed E-state index contributed by atoms with van der Waals surface area (Å²) in [5, 5.41) is 3.34. The van der Waals surface area contributed by atoms with Gasteiger partial charge >= 0.3 is 0 Å². The van der Waals surface area contributed by atoms with Gasteiger partial charge in [-0.3, -0.25) is 4.79 Å². The normalized spacial score (nSPS) is 22.4. The van der Waals surface area contributed by atoms with E-state index in [2.05, 4.69) is 5.32 Å². The number of hydrogen-bond acceptors (Lipinski definition) is 4. The Morgan fingerprint density at radius 3 is 2.74 bits per heavy atom. The summed E-state index contributed by atoms with van der Waals surface area (Å²) in [5.41, 5.74) is 8.38. The molecule has 2 heterocycles. The molecule has 2 aliphatic heterocycles. The van der Waals surface area contributed by atoms with E-state index in [1.165, 1.54) is 6.07 Å². The fraction of sp³-hybridized carbons (Fsp3) is 0.458. The van der Waals surface area contributed by atoms with Crippen LogP contribution in [-0.4, -0.2) is 43.1 Å². The fourth-order valence-electron chi connectivity index (χ4n) is 4.56. The van der Waals surface area contributed by atoms with Crippen LogP contribution in [0.5, 0.6) is 0 Å². The van der Waals surface area contributed by atoms with Gasteiger partial charge in [0.2, 0.25) is 5.91 Å². The van der Waals surface area contributed by atoms with Crippen molar-refractivity contribution < 1.29 is 18.3 Å². The van der Waals surface area contributed by atoms with Gasteiger partial charge in [-0.2, -0.15) is 0 Å². The first kappa shape index (κ1) is 21.7. The second kappa shape index (κ2) is 9.75. The van der Waals surface area contributed by atoms with Gasteiger partial charge in [0.1, 0.15) is 0 Å². The van der Waals surface area contributed by atoms with Gasteiger partial charge in [-0.05, 0) is 30.5 Å². The van der Waals surface area contributed by atoms with Crippen molar-refractivity contribution in [2.45, 2.75) is 37.9 Å². The van der Waals surface area contributed by atoms with E-state index in [-0.39, 0.29) is 29.6 Å². The summed E-state index contributed by atoms with van der Waals surface area (Å²) in [5.74, 6) is 0.257. The molecule has 3 atom stereocenters. The molecule has 3 N–H and O–H groups in total. The predicted octanol–water partition coefficient (Wildman–Crippen LogP) is 3.92. The Balaban J connectivity index is 1.46. The van der Waals surface area contributed by atoms with Gasteiger partial charge < -0.3 is 20.7 Å². The molecule has 7 heteroatoms. The van der Waals surface area contributed by atoms with E-state index in [1.54, 1.807) is 17.0 Å². The summed E-state index contributed by atoms with van der Waals surface area (Å²) in [6, 6.07) is 14.4. The molecule has 4 rings (SSSR count). The molecular formula is C24H29F2N3O2. The van der Waals surface area contributed by atoms with E-state index in [1.807, 2.05) is 30.3 Å². The highest BCUT2D eigenvalue weighted by molar-refractivity contribution is 5.78. The minimum atomic E-state index is -2.51. The lowest BCUT2D eigenvalue weighted by molar-refractivity contribution is -0.137. The highest BCUT2D eigenvalue weighted by Gasteiger charge is 2.37. The quantitative estimate of drug-likeness (QED) is 0.700. The molecule has 3 unspecified atom stereocenters. The molecule has 1 fully saturated rings. The number of halogens is 2. The summed E-state index contributed by atoms with van der Waals surface area (Å²) in [6.45, 7) is 2.07. The number of nitrogens with one attached hydrogen (secondary N) is 1. The summed E-state index contributed by atoms with van der Waals surface area (Å²) in [7, 11) is 0. The van der Waals surface area contributed by atoms with Gasteiger partial charge in [-0.25, -0.2) is 8.78 Å². The number of anilines is 1. The van der Waals surface area contributed by atoms with Gasteiger partial charge in [0.05, 0.1) is 18.6 Å². The Bertz CT molecular complexity index is 894. The maximum Gasteiger partial charge on any atom is 0.263 e. The lowest BCUT2D eigenvalue weighted by atomic mass is 9.83. The molecule has 0 aliphatic carbocycles. The number of nitrogens with two attached hydrogens (primary N) is 1. The third kappa shape index (κ3) is 5.05. The molecule has 166 valence electrons. The Hall–Kier alpha value is -2.51. The molecule has 0 bridgehead atoms. The van der Waals surface area contributed by atoms with Gasteiger partial charge in [-0.15, -0.1) is 0 Å². The summed E-state index contributed by atoms with van der Waals surface area (Å²) in [4.78, 5) is 14.7. The van der Waals surface area contributed by atoms with E-state index in [0.717, 1.165) is 36.2 Å². The number of nitrogens with zero attached hydrogens (tertiary/aromatic N) is 1. The number of rotatable bonds is 7. The Morgan fingerprint density at radius 1 is 1.19 bits per heavy atom. The van der Waals surface area contributed by atoms with Crippen molar-refractivity contribution >= 4 is 11.6 Å². The average Bonchev–Trinajstić information content (AvgIpc) is 2.79. The van der Waals surface area contributed by atoms with Crippen LogP contribution in [0.4, 0.5) is 14.5 Å². The maximum absolute atomic E-state index is 13.2. The molecule has 0 saturated carbocycles. The molecule has 5 nitrogen and oxygen atoms in total. The van der Waals surface area contributed by atoms with Crippen LogP contribution in [0.15, 0.2) is 48.5 Å². The van der Waals surface area contributed by atoms with Crippen LogP contribution in [-0.2, 0) is 16.0 Å². The SMILES string of the molecule is NCCN(CC1CCC2CNc3ccc(C(F)F)cc3C2O1)C(=O)Cc1ccccc1. The van der Waals surface area contributed by atoms with Gasteiger partial charge in [0.15, 0.2) is 0 Å². The van der Waals surface area contributed by atoms with Gasteiger partial charge in [0.25, 0.3) is 6.43 Å². The van der Waals surface area contributed by atoms with Gasteiger partial charge in [-0.1, -0.05) is 36.4 Å². The zero-order valence-corrected chi connectivity index (χ0v) is 17.5. The van der Waals surface area contributed by atoms with Crippen molar-refractivity contribution in [3.63, 3.8) is 0 Å². The van der Waals surface area contributed by atoms with Crippen LogP contribution in [0.1, 0.15) is 42.1 Å². The van der Waals surface area contributed by atoms with Crippen molar-refractivity contribution in [2.24, 2.45) is 11.7 Å². The topological polar surface area (TPSA) is 67.6 Å². The van der Waals surface area contributed by atoms with Crippen molar-refractivity contribution in [3.8, 4) is 0 Å². The minimum Gasteiger partial charge on any atom is -0.384 e. The first-order valence-corrected chi connectivity index (χ1v) is 10.9. The molecule has 1 amide bonds. The minimum absolute atomic E-state index is 0.00900. The molecule has 31 heavy (non-hydrogen) atoms. The molecule has 2 aromatic rings. The standard InChI is InChI=1S/C24H29F2N3O2/c25-24(26)17-7-9-21-20(13-17)23-18(14-28-21)6-8-19(31-23)15-29(11-10-27)22(30)12-16-4-2-1-3-5-16/h1-5,7,9,13,18-19,23-24,28H,6,8,10-12,14-15,27H2. The average molecular weight is 430 g/mol. The van der Waals surface area contributed by atoms with Crippen LogP contribution < -0.4 is 11.1 Å². The largest absolute Gasteiger partial charge is 0.384 e. The molecule has 0 spiro atoms. The van der Waals surface area contributed by atoms with Gasteiger partial charge in [0, 0.05) is 48.9 Å². The second-order valence-electron chi connectivity index (χ2n) is 8.34. The van der Waals surface area contributed by atoms with E-state index in [4.69, 9.17) is 10.5 Å². The maximum atomic E-state index is 13.2. The third-order valence-corrected chi connectivity index (χ3v) is 6.19. The molecule has 2 aliphatic rings. The first-order chi connectivity index (χ1) is 15.0. The predicted molar refractivity (Wildman–Crippen MR) is 116 cm³/mol. The number of carbonyl (C=O) groups excluding carboxylic acids is 1. The van der Waals surface area contributed by atoms with Crippen LogP contribution in [0.25, 0.3) is 0 Å². The lowest BCUT2D eigenvalue weighted by Crippen LogP contribution is -2.45. The number of benzene rings is 2. The summed E-state index contributed by atoms with van der Waals surface area (Å²) in [6.07, 6.45) is -0.826. The molecular weight excluding hydrogens is 400 g/mol. The second-order valence-corrected chi connectivity index (χ2v) is 8.34.